The number of nitrogens with zero attached hydrogens (tertiary/aromatic N) is 2. The minimum atomic E-state index is -0.634. The molecule has 1 aromatic heterocycles. The van der Waals surface area contributed by atoms with E-state index in [1.165, 1.54) is 6.07 Å². The molecule has 1 N–H and O–H groups in total. The van der Waals surface area contributed by atoms with Crippen molar-refractivity contribution in [2.75, 3.05) is 37.5 Å². The molecule has 0 unspecified atom stereocenters. The Hall–Kier alpha value is -3.09. The second kappa shape index (κ2) is 8.11. The van der Waals surface area contributed by atoms with Gasteiger partial charge in [-0.05, 0) is 25.0 Å². The highest BCUT2D eigenvalue weighted by Crippen LogP contribution is 2.31. The Kier molecular flexibility index (Phi) is 5.38. The summed E-state index contributed by atoms with van der Waals surface area (Å²) in [7, 11) is 3.25. The van der Waals surface area contributed by atoms with Crippen molar-refractivity contribution in [2.45, 2.75) is 18.9 Å². The molecular formula is C22H23F2N3O2. The van der Waals surface area contributed by atoms with Gasteiger partial charge in [-0.3, -0.25) is 4.98 Å². The van der Waals surface area contributed by atoms with Crippen LogP contribution in [-0.4, -0.2) is 38.3 Å². The van der Waals surface area contributed by atoms with Crippen LogP contribution in [0.1, 0.15) is 12.8 Å². The van der Waals surface area contributed by atoms with E-state index < -0.39 is 11.6 Å². The molecule has 0 spiro atoms. The van der Waals surface area contributed by atoms with Crippen molar-refractivity contribution in [2.24, 2.45) is 0 Å². The molecule has 0 saturated carbocycles. The van der Waals surface area contributed by atoms with Crippen molar-refractivity contribution >= 4 is 22.3 Å². The Morgan fingerprint density at radius 1 is 1.00 bits per heavy atom. The van der Waals surface area contributed by atoms with Gasteiger partial charge in [0.2, 0.25) is 0 Å². The van der Waals surface area contributed by atoms with Crippen LogP contribution < -0.4 is 19.7 Å². The smallest absolute Gasteiger partial charge is 0.152 e. The predicted octanol–water partition coefficient (Wildman–Crippen LogP) is 4.61. The van der Waals surface area contributed by atoms with Gasteiger partial charge in [-0.25, -0.2) is 8.78 Å². The van der Waals surface area contributed by atoms with Crippen molar-refractivity contribution in [1.82, 2.24) is 4.98 Å². The number of pyridine rings is 1. The summed E-state index contributed by atoms with van der Waals surface area (Å²) in [6.07, 6.45) is 3.35. The number of halogens is 2. The molecule has 1 fully saturated rings. The maximum atomic E-state index is 14.1. The molecule has 2 heterocycles. The van der Waals surface area contributed by atoms with Gasteiger partial charge in [-0.15, -0.1) is 0 Å². The molecule has 2 aromatic carbocycles. The van der Waals surface area contributed by atoms with Crippen LogP contribution in [0.5, 0.6) is 11.5 Å². The third kappa shape index (κ3) is 4.04. The first kappa shape index (κ1) is 19.2. The average Bonchev–Trinajstić information content (AvgIpc) is 2.73. The van der Waals surface area contributed by atoms with Crippen LogP contribution in [0.15, 0.2) is 42.6 Å². The number of methoxy groups -OCH3 is 2. The first-order chi connectivity index (χ1) is 14.1. The van der Waals surface area contributed by atoms with E-state index >= 15 is 0 Å². The standard InChI is InChI=1S/C22H23F2N3O2/c1-28-17-11-16(12-18(13-17)29-2)26-15-4-7-27(8-5-15)21-3-6-25-22-19(21)9-14(23)10-20(22)24/h3,6,9-13,15,26H,4-5,7-8H2,1-2H3. The number of aromatic nitrogens is 1. The van der Waals surface area contributed by atoms with E-state index in [1.54, 1.807) is 20.4 Å². The number of rotatable bonds is 5. The van der Waals surface area contributed by atoms with Gasteiger partial charge in [-0.2, -0.15) is 0 Å². The van der Waals surface area contributed by atoms with Crippen LogP contribution in [0.25, 0.3) is 10.9 Å². The van der Waals surface area contributed by atoms with Gasteiger partial charge in [0.05, 0.1) is 14.2 Å². The van der Waals surface area contributed by atoms with E-state index in [4.69, 9.17) is 9.47 Å². The first-order valence-corrected chi connectivity index (χ1v) is 9.55. The molecule has 0 bridgehead atoms. The van der Waals surface area contributed by atoms with E-state index in [-0.39, 0.29) is 11.6 Å². The number of fused-ring (bicyclic) bond motifs is 1. The van der Waals surface area contributed by atoms with Crippen LogP contribution in [0.4, 0.5) is 20.2 Å². The summed E-state index contributed by atoms with van der Waals surface area (Å²) >= 11 is 0. The van der Waals surface area contributed by atoms with E-state index in [0.29, 0.717) is 5.39 Å². The number of ether oxygens (including phenoxy) is 2. The first-order valence-electron chi connectivity index (χ1n) is 9.55. The van der Waals surface area contributed by atoms with Gasteiger partial charge < -0.3 is 19.7 Å². The van der Waals surface area contributed by atoms with Crippen LogP contribution >= 0.6 is 0 Å². The average molecular weight is 399 g/mol. The molecule has 0 amide bonds. The normalized spacial score (nSPS) is 14.8. The Bertz CT molecular complexity index is 998. The molecule has 7 heteroatoms. The molecule has 29 heavy (non-hydrogen) atoms. The molecule has 1 aliphatic rings. The van der Waals surface area contributed by atoms with Crippen LogP contribution in [-0.2, 0) is 0 Å². The van der Waals surface area contributed by atoms with E-state index in [1.807, 2.05) is 24.3 Å². The zero-order valence-corrected chi connectivity index (χ0v) is 16.4. The number of piperidine rings is 1. The lowest BCUT2D eigenvalue weighted by atomic mass is 10.0. The van der Waals surface area contributed by atoms with Gasteiger partial charge in [0, 0.05) is 66.4 Å². The molecule has 0 aliphatic carbocycles. The van der Waals surface area contributed by atoms with Gasteiger partial charge in [0.1, 0.15) is 22.8 Å². The third-order valence-electron chi connectivity index (χ3n) is 5.30. The summed E-state index contributed by atoms with van der Waals surface area (Å²) in [5.74, 6) is 0.242. The van der Waals surface area contributed by atoms with E-state index in [9.17, 15) is 8.78 Å². The lowest BCUT2D eigenvalue weighted by Gasteiger charge is -2.35. The zero-order valence-electron chi connectivity index (χ0n) is 16.4. The molecule has 0 atom stereocenters. The second-order valence-corrected chi connectivity index (χ2v) is 7.12. The minimum absolute atomic E-state index is 0.202. The molecule has 5 nitrogen and oxygen atoms in total. The van der Waals surface area contributed by atoms with Gasteiger partial charge in [-0.1, -0.05) is 0 Å². The summed E-state index contributed by atoms with van der Waals surface area (Å²) in [6.45, 7) is 1.55. The number of hydrogen-bond donors (Lipinski definition) is 1. The van der Waals surface area contributed by atoms with Crippen molar-refractivity contribution in [3.63, 3.8) is 0 Å². The van der Waals surface area contributed by atoms with Crippen LogP contribution in [0.2, 0.25) is 0 Å². The third-order valence-corrected chi connectivity index (χ3v) is 5.30. The Labute approximate surface area is 168 Å². The number of nitrogens with one attached hydrogen (secondary N) is 1. The Balaban J connectivity index is 1.49. The molecule has 152 valence electrons. The summed E-state index contributed by atoms with van der Waals surface area (Å²) in [5.41, 5.74) is 1.96. The van der Waals surface area contributed by atoms with Crippen molar-refractivity contribution < 1.29 is 18.3 Å². The van der Waals surface area contributed by atoms with E-state index in [0.717, 1.165) is 54.9 Å². The molecule has 4 rings (SSSR count). The fourth-order valence-electron chi connectivity index (χ4n) is 3.83. The Morgan fingerprint density at radius 3 is 2.34 bits per heavy atom. The zero-order chi connectivity index (χ0) is 20.4. The summed E-state index contributed by atoms with van der Waals surface area (Å²) in [5, 5.41) is 4.05. The molecule has 3 aromatic rings. The second-order valence-electron chi connectivity index (χ2n) is 7.12. The SMILES string of the molecule is COc1cc(NC2CCN(c3ccnc4c(F)cc(F)cc34)CC2)cc(OC)c1. The monoisotopic (exact) mass is 399 g/mol. The maximum Gasteiger partial charge on any atom is 0.152 e. The number of anilines is 2. The van der Waals surface area contributed by atoms with Crippen molar-refractivity contribution in [3.05, 3.63) is 54.2 Å². The maximum absolute atomic E-state index is 14.1. The largest absolute Gasteiger partial charge is 0.497 e. The van der Waals surface area contributed by atoms with Crippen molar-refractivity contribution in [1.29, 1.82) is 0 Å². The summed E-state index contributed by atoms with van der Waals surface area (Å²) < 4.78 is 38.5. The molecule has 1 saturated heterocycles. The van der Waals surface area contributed by atoms with Gasteiger partial charge in [0.25, 0.3) is 0 Å². The predicted molar refractivity (Wildman–Crippen MR) is 110 cm³/mol. The highest BCUT2D eigenvalue weighted by molar-refractivity contribution is 5.92. The highest BCUT2D eigenvalue weighted by atomic mass is 19.1. The number of benzene rings is 2. The highest BCUT2D eigenvalue weighted by Gasteiger charge is 2.22. The minimum Gasteiger partial charge on any atom is -0.497 e. The fraction of sp³-hybridized carbons (Fsp3) is 0.318. The topological polar surface area (TPSA) is 46.6 Å². The van der Waals surface area contributed by atoms with Gasteiger partial charge in [0.15, 0.2) is 5.82 Å². The lowest BCUT2D eigenvalue weighted by molar-refractivity contribution is 0.394. The quantitative estimate of drug-likeness (QED) is 0.679. The molecular weight excluding hydrogens is 376 g/mol. The molecule has 1 aliphatic heterocycles. The van der Waals surface area contributed by atoms with Crippen molar-refractivity contribution in [3.8, 4) is 11.5 Å². The fourth-order valence-corrected chi connectivity index (χ4v) is 3.83. The van der Waals surface area contributed by atoms with Gasteiger partial charge >= 0.3 is 0 Å². The Morgan fingerprint density at radius 2 is 1.69 bits per heavy atom. The van der Waals surface area contributed by atoms with Crippen LogP contribution in [0.3, 0.4) is 0 Å². The van der Waals surface area contributed by atoms with E-state index in [2.05, 4.69) is 15.2 Å². The summed E-state index contributed by atoms with van der Waals surface area (Å²) in [6, 6.07) is 10.0. The van der Waals surface area contributed by atoms with Crippen LogP contribution in [0, 0.1) is 11.6 Å². The molecule has 0 radical (unpaired) electrons. The summed E-state index contributed by atoms with van der Waals surface area (Å²) in [4.78, 5) is 6.24. The lowest BCUT2D eigenvalue weighted by Crippen LogP contribution is -2.39. The number of hydrogen-bond acceptors (Lipinski definition) is 5.